The van der Waals surface area contributed by atoms with Crippen molar-refractivity contribution in [1.29, 1.82) is 0 Å². The van der Waals surface area contributed by atoms with Gasteiger partial charge in [-0.2, -0.15) is 0 Å². The Bertz CT molecular complexity index is 1940. The van der Waals surface area contributed by atoms with E-state index in [9.17, 15) is 0 Å². The van der Waals surface area contributed by atoms with Gasteiger partial charge in [0.05, 0.1) is 0 Å². The quantitative estimate of drug-likeness (QED) is 0.169. The molecule has 0 saturated heterocycles. The van der Waals surface area contributed by atoms with Gasteiger partial charge >= 0.3 is 0 Å². The summed E-state index contributed by atoms with van der Waals surface area (Å²) >= 11 is 0. The first-order valence-electron chi connectivity index (χ1n) is 13.1. The fourth-order valence-electron chi connectivity index (χ4n) is 4.78. The summed E-state index contributed by atoms with van der Waals surface area (Å²) in [6.07, 6.45) is 1.90. The molecule has 7 aromatic rings. The summed E-state index contributed by atoms with van der Waals surface area (Å²) in [7, 11) is 0. The van der Waals surface area contributed by atoms with E-state index in [4.69, 9.17) is 19.9 Å². The molecule has 0 fully saturated rings. The molecule has 0 saturated carbocycles. The number of pyridine rings is 1. The minimum Gasteiger partial charge on any atom is -0.304 e. The number of fused-ring (bicyclic) bond motifs is 1. The van der Waals surface area contributed by atoms with Crippen LogP contribution in [0.4, 0.5) is 0 Å². The third-order valence-corrected chi connectivity index (χ3v) is 6.88. The number of rotatable bonds is 5. The monoisotopic (exact) mass is 704 g/mol. The number of benzene rings is 5. The Balaban J connectivity index is 0.00000302. The van der Waals surface area contributed by atoms with Crippen molar-refractivity contribution in [3.63, 3.8) is 0 Å². The molecule has 197 valence electrons. The number of hydrogen-bond acceptors (Lipinski definition) is 4. The van der Waals surface area contributed by atoms with E-state index in [0.717, 1.165) is 44.3 Å². The SMILES string of the molecule is [Ir].[c-]1ccc(-c2nc(-c3ccccc3)nc(-c3ccc(-c4ccccc4)cc3)n2)cc1-c1cc2ccccc2cn1. The molecule has 2 heterocycles. The van der Waals surface area contributed by atoms with E-state index >= 15 is 0 Å². The summed E-state index contributed by atoms with van der Waals surface area (Å²) in [4.78, 5) is 19.4. The summed E-state index contributed by atoms with van der Waals surface area (Å²) in [5, 5.41) is 2.24. The van der Waals surface area contributed by atoms with Crippen LogP contribution in [-0.2, 0) is 20.1 Å². The molecule has 5 aromatic carbocycles. The maximum Gasteiger partial charge on any atom is 0.164 e. The Kier molecular flexibility index (Phi) is 7.55. The van der Waals surface area contributed by atoms with E-state index in [-0.39, 0.29) is 20.1 Å². The smallest absolute Gasteiger partial charge is 0.164 e. The predicted molar refractivity (Wildman–Crippen MR) is 161 cm³/mol. The van der Waals surface area contributed by atoms with Crippen LogP contribution < -0.4 is 0 Å². The van der Waals surface area contributed by atoms with Crippen molar-refractivity contribution in [2.45, 2.75) is 0 Å². The van der Waals surface area contributed by atoms with Gasteiger partial charge in [0.25, 0.3) is 0 Å². The second kappa shape index (κ2) is 11.7. The van der Waals surface area contributed by atoms with Crippen LogP contribution in [0.5, 0.6) is 0 Å². The molecule has 0 unspecified atom stereocenters. The van der Waals surface area contributed by atoms with Crippen LogP contribution in [0.3, 0.4) is 0 Å². The van der Waals surface area contributed by atoms with Crippen LogP contribution >= 0.6 is 0 Å². The number of nitrogens with zero attached hydrogens (tertiary/aromatic N) is 4. The zero-order valence-electron chi connectivity index (χ0n) is 21.9. The van der Waals surface area contributed by atoms with Crippen LogP contribution in [0, 0.1) is 6.07 Å². The molecule has 4 nitrogen and oxygen atoms in total. The van der Waals surface area contributed by atoms with Crippen LogP contribution in [0.1, 0.15) is 0 Å². The molecule has 0 aliphatic heterocycles. The van der Waals surface area contributed by atoms with E-state index in [1.165, 1.54) is 5.56 Å². The summed E-state index contributed by atoms with van der Waals surface area (Å²) in [5.74, 6) is 1.86. The Hall–Kier alpha value is -4.83. The molecule has 0 N–H and O–H groups in total. The maximum absolute atomic E-state index is 4.93. The molecule has 1 radical (unpaired) electrons. The van der Waals surface area contributed by atoms with Crippen molar-refractivity contribution in [1.82, 2.24) is 19.9 Å². The molecular weight excluding hydrogens is 681 g/mol. The van der Waals surface area contributed by atoms with Crippen molar-refractivity contribution >= 4 is 10.8 Å². The van der Waals surface area contributed by atoms with Gasteiger partial charge in [0.1, 0.15) is 5.82 Å². The Morgan fingerprint density at radius 1 is 0.439 bits per heavy atom. The fraction of sp³-hybridized carbons (Fsp3) is 0. The fourth-order valence-corrected chi connectivity index (χ4v) is 4.78. The second-order valence-corrected chi connectivity index (χ2v) is 9.52. The van der Waals surface area contributed by atoms with Crippen LogP contribution in [0.2, 0.25) is 0 Å². The molecule has 0 amide bonds. The van der Waals surface area contributed by atoms with Gasteiger partial charge in [-0.15, -0.1) is 29.8 Å². The number of aromatic nitrogens is 4. The first kappa shape index (κ1) is 26.4. The Morgan fingerprint density at radius 3 is 1.63 bits per heavy atom. The molecule has 2 aromatic heterocycles. The average molecular weight is 704 g/mol. The van der Waals surface area contributed by atoms with Crippen LogP contribution in [-0.4, -0.2) is 19.9 Å². The molecule has 0 spiro atoms. The minimum atomic E-state index is 0. The normalized spacial score (nSPS) is 10.7. The summed E-state index contributed by atoms with van der Waals surface area (Å²) < 4.78 is 0. The van der Waals surface area contributed by atoms with Gasteiger partial charge in [-0.25, -0.2) is 15.0 Å². The molecule has 41 heavy (non-hydrogen) atoms. The zero-order chi connectivity index (χ0) is 26.7. The average Bonchev–Trinajstić information content (AvgIpc) is 3.05. The topological polar surface area (TPSA) is 51.6 Å². The van der Waals surface area contributed by atoms with E-state index in [2.05, 4.69) is 60.7 Å². The first-order chi connectivity index (χ1) is 19.8. The van der Waals surface area contributed by atoms with Gasteiger partial charge in [-0.1, -0.05) is 121 Å². The van der Waals surface area contributed by atoms with E-state index in [0.29, 0.717) is 17.5 Å². The standard InChI is InChI=1S/C36H23N4.Ir/c1-3-10-25(11-4-1)26-18-20-28(21-19-26)35-38-34(27-12-5-2-6-13-27)39-36(40-35)31-17-9-16-30(22-31)33-23-29-14-7-8-15-32(29)24-37-33;/h1-15,17-24H;/q-1;. The number of hydrogen-bond donors (Lipinski definition) is 0. The van der Waals surface area contributed by atoms with Gasteiger partial charge < -0.3 is 4.98 Å². The Morgan fingerprint density at radius 2 is 0.951 bits per heavy atom. The molecule has 0 aliphatic carbocycles. The maximum atomic E-state index is 4.93. The van der Waals surface area contributed by atoms with Crippen molar-refractivity contribution < 1.29 is 20.1 Å². The van der Waals surface area contributed by atoms with Crippen molar-refractivity contribution in [3.8, 4) is 56.5 Å². The van der Waals surface area contributed by atoms with Gasteiger partial charge in [0, 0.05) is 37.4 Å². The van der Waals surface area contributed by atoms with E-state index < -0.39 is 0 Å². The van der Waals surface area contributed by atoms with Crippen molar-refractivity contribution in [3.05, 3.63) is 146 Å². The third-order valence-electron chi connectivity index (χ3n) is 6.88. The molecule has 0 aliphatic rings. The van der Waals surface area contributed by atoms with E-state index in [1.807, 2.05) is 85.1 Å². The van der Waals surface area contributed by atoms with Crippen molar-refractivity contribution in [2.24, 2.45) is 0 Å². The zero-order valence-corrected chi connectivity index (χ0v) is 24.3. The predicted octanol–water partition coefficient (Wildman–Crippen LogP) is 8.55. The molecule has 0 bridgehead atoms. The van der Waals surface area contributed by atoms with Gasteiger partial charge in [0.2, 0.25) is 0 Å². The van der Waals surface area contributed by atoms with Crippen molar-refractivity contribution in [2.75, 3.05) is 0 Å². The summed E-state index contributed by atoms with van der Waals surface area (Å²) in [5.41, 5.74) is 6.81. The van der Waals surface area contributed by atoms with Gasteiger partial charge in [-0.3, -0.25) is 0 Å². The summed E-state index contributed by atoms with van der Waals surface area (Å²) in [6, 6.07) is 48.3. The third kappa shape index (κ3) is 5.59. The largest absolute Gasteiger partial charge is 0.304 e. The second-order valence-electron chi connectivity index (χ2n) is 9.52. The van der Waals surface area contributed by atoms with Crippen LogP contribution in [0.25, 0.3) is 67.3 Å². The van der Waals surface area contributed by atoms with Crippen LogP contribution in [0.15, 0.2) is 140 Å². The molecule has 0 atom stereocenters. The van der Waals surface area contributed by atoms with Gasteiger partial charge in [-0.05, 0) is 27.6 Å². The van der Waals surface area contributed by atoms with E-state index in [1.54, 1.807) is 0 Å². The minimum absolute atomic E-state index is 0. The molecule has 5 heteroatoms. The Labute approximate surface area is 252 Å². The molecule has 7 rings (SSSR count). The molecular formula is C36H23IrN4-. The summed E-state index contributed by atoms with van der Waals surface area (Å²) in [6.45, 7) is 0. The first-order valence-corrected chi connectivity index (χ1v) is 13.1. The van der Waals surface area contributed by atoms with Gasteiger partial charge in [0.15, 0.2) is 11.6 Å².